The van der Waals surface area contributed by atoms with Crippen molar-refractivity contribution in [2.24, 2.45) is 0 Å². The van der Waals surface area contributed by atoms with E-state index in [2.05, 4.69) is 4.52 Å². The zero-order valence-corrected chi connectivity index (χ0v) is 13.4. The molecule has 0 fully saturated rings. The molecular weight excluding hydrogens is 249 g/mol. The molecule has 0 aromatic rings. The smallest absolute Gasteiger partial charge is 0.790 e. The Morgan fingerprint density at radius 3 is 2.07 bits per heavy atom. The number of rotatable bonds is 6. The number of hydrogen-bond acceptors (Lipinski definition) is 7. The van der Waals surface area contributed by atoms with E-state index in [0.29, 0.717) is 6.29 Å². The fourth-order valence-corrected chi connectivity index (χ4v) is 0.870. The van der Waals surface area contributed by atoms with Gasteiger partial charge in [-0.15, -0.1) is 0 Å². The number of aliphatic hydroxyl groups excluding tert-OH is 2. The topological polar surface area (TPSA) is 130 Å². The van der Waals surface area contributed by atoms with Gasteiger partial charge in [0.15, 0.2) is 0 Å². The number of phosphoric ester groups is 1. The summed E-state index contributed by atoms with van der Waals surface area (Å²) in [5, 5.41) is 17.7. The molecular formula is C5H9Na2O7P. The Kier molecular flexibility index (Phi) is 15.8. The molecule has 0 rings (SSSR count). The van der Waals surface area contributed by atoms with Crippen LogP contribution in [0, 0.1) is 0 Å². The summed E-state index contributed by atoms with van der Waals surface area (Å²) in [5.74, 6) is 0. The number of carbonyl (C=O) groups is 1. The number of aliphatic hydroxyl groups is 2. The van der Waals surface area contributed by atoms with Gasteiger partial charge in [0.05, 0.1) is 20.5 Å². The summed E-state index contributed by atoms with van der Waals surface area (Å²) in [4.78, 5) is 29.6. The first-order chi connectivity index (χ1) is 5.87. The van der Waals surface area contributed by atoms with Crippen LogP contribution < -0.4 is 68.9 Å². The van der Waals surface area contributed by atoms with Crippen LogP contribution in [0.25, 0.3) is 0 Å². The van der Waals surface area contributed by atoms with E-state index in [-0.39, 0.29) is 65.5 Å². The summed E-state index contributed by atoms with van der Waals surface area (Å²) in [5.41, 5.74) is 0. The Hall–Kier alpha value is 1.70. The zero-order valence-electron chi connectivity index (χ0n) is 8.53. The number of aldehydes is 1. The first-order valence-electron chi connectivity index (χ1n) is 3.33. The Morgan fingerprint density at radius 2 is 1.73 bits per heavy atom. The van der Waals surface area contributed by atoms with Gasteiger partial charge >= 0.3 is 59.1 Å². The predicted octanol–water partition coefficient (Wildman–Crippen LogP) is -8.85. The third kappa shape index (κ3) is 13.6. The molecule has 0 aromatic heterocycles. The van der Waals surface area contributed by atoms with Gasteiger partial charge in [0, 0.05) is 6.42 Å². The first kappa shape index (κ1) is 21.9. The Morgan fingerprint density at radius 1 is 1.27 bits per heavy atom. The van der Waals surface area contributed by atoms with Gasteiger partial charge in [0.25, 0.3) is 0 Å². The van der Waals surface area contributed by atoms with Gasteiger partial charge in [0.2, 0.25) is 0 Å². The van der Waals surface area contributed by atoms with Gasteiger partial charge < -0.3 is 33.9 Å². The Balaban J connectivity index is -0.000000720. The van der Waals surface area contributed by atoms with E-state index in [1.54, 1.807) is 0 Å². The standard InChI is InChI=1S/C5H11O7P.2Na/c6-2-1-4(7)5(8)3-12-13(9,10)11;;/h2,4-5,7-8H,1,3H2,(H2,9,10,11);;/q;2*+1/p-2. The van der Waals surface area contributed by atoms with Crippen molar-refractivity contribution in [2.75, 3.05) is 6.61 Å². The fourth-order valence-electron chi connectivity index (χ4n) is 0.534. The van der Waals surface area contributed by atoms with Crippen LogP contribution >= 0.6 is 7.82 Å². The van der Waals surface area contributed by atoms with Crippen molar-refractivity contribution in [3.05, 3.63) is 0 Å². The summed E-state index contributed by atoms with van der Waals surface area (Å²) in [6.45, 7) is -0.848. The Bertz CT molecular complexity index is 208. The molecule has 2 N–H and O–H groups in total. The maximum absolute atomic E-state index is 9.90. The van der Waals surface area contributed by atoms with Crippen molar-refractivity contribution in [1.82, 2.24) is 0 Å². The largest absolute Gasteiger partial charge is 1.00 e. The second-order valence-electron chi connectivity index (χ2n) is 2.28. The maximum atomic E-state index is 9.90. The molecule has 2 unspecified atom stereocenters. The molecule has 0 saturated carbocycles. The zero-order chi connectivity index (χ0) is 10.5. The molecule has 0 bridgehead atoms. The average Bonchev–Trinajstić information content (AvgIpc) is 1.99. The second kappa shape index (κ2) is 10.8. The molecule has 0 aliphatic carbocycles. The number of hydrogen-bond donors (Lipinski definition) is 2. The summed E-state index contributed by atoms with van der Waals surface area (Å²) in [7, 11) is -5.14. The third-order valence-electron chi connectivity index (χ3n) is 1.19. The van der Waals surface area contributed by atoms with Crippen molar-refractivity contribution in [3.63, 3.8) is 0 Å². The van der Waals surface area contributed by atoms with Crippen molar-refractivity contribution >= 4 is 14.1 Å². The van der Waals surface area contributed by atoms with Gasteiger partial charge in [-0.2, -0.15) is 0 Å². The molecule has 78 valence electrons. The van der Waals surface area contributed by atoms with Crippen molar-refractivity contribution in [3.8, 4) is 0 Å². The van der Waals surface area contributed by atoms with Crippen LogP contribution in [-0.2, 0) is 13.9 Å². The van der Waals surface area contributed by atoms with E-state index in [0.717, 1.165) is 0 Å². The second-order valence-corrected chi connectivity index (χ2v) is 3.43. The Labute approximate surface area is 131 Å². The van der Waals surface area contributed by atoms with Crippen LogP contribution in [0.4, 0.5) is 0 Å². The van der Waals surface area contributed by atoms with Crippen LogP contribution in [0.3, 0.4) is 0 Å². The molecule has 0 aliphatic heterocycles. The monoisotopic (exact) mass is 258 g/mol. The molecule has 0 spiro atoms. The van der Waals surface area contributed by atoms with E-state index in [1.165, 1.54) is 0 Å². The molecule has 0 amide bonds. The van der Waals surface area contributed by atoms with Gasteiger partial charge in [-0.1, -0.05) is 0 Å². The molecule has 0 heterocycles. The van der Waals surface area contributed by atoms with Gasteiger partial charge in [-0.3, -0.25) is 0 Å². The van der Waals surface area contributed by atoms with Crippen LogP contribution in [0.1, 0.15) is 6.42 Å². The quantitative estimate of drug-likeness (QED) is 0.275. The van der Waals surface area contributed by atoms with Crippen LogP contribution in [0.15, 0.2) is 0 Å². The van der Waals surface area contributed by atoms with Gasteiger partial charge in [-0.25, -0.2) is 0 Å². The summed E-state index contributed by atoms with van der Waals surface area (Å²) < 4.78 is 13.6. The summed E-state index contributed by atoms with van der Waals surface area (Å²) in [6.07, 6.45) is -3.00. The SMILES string of the molecule is O=CCC(O)C(O)COP(=O)([O-])[O-].[Na+].[Na+]. The molecule has 15 heavy (non-hydrogen) atoms. The minimum atomic E-state index is -5.14. The molecule has 0 aliphatic rings. The average molecular weight is 258 g/mol. The van der Waals surface area contributed by atoms with Crippen LogP contribution in [-0.4, -0.2) is 35.3 Å². The number of phosphoric acid groups is 1. The normalized spacial score (nSPS) is 14.4. The summed E-state index contributed by atoms with van der Waals surface area (Å²) >= 11 is 0. The van der Waals surface area contributed by atoms with E-state index in [9.17, 15) is 19.1 Å². The van der Waals surface area contributed by atoms with E-state index in [4.69, 9.17) is 10.2 Å². The molecule has 2 atom stereocenters. The van der Waals surface area contributed by atoms with Crippen molar-refractivity contribution < 1.29 is 93.0 Å². The van der Waals surface area contributed by atoms with Gasteiger partial charge in [-0.05, 0) is 0 Å². The fraction of sp³-hybridized carbons (Fsp3) is 0.800. The van der Waals surface area contributed by atoms with E-state index in [1.807, 2.05) is 0 Å². The van der Waals surface area contributed by atoms with Crippen molar-refractivity contribution in [1.29, 1.82) is 0 Å². The molecule has 7 nitrogen and oxygen atoms in total. The molecule has 0 aromatic carbocycles. The van der Waals surface area contributed by atoms with Gasteiger partial charge in [0.1, 0.15) is 12.4 Å². The predicted molar refractivity (Wildman–Crippen MR) is 36.3 cm³/mol. The molecule has 0 saturated heterocycles. The molecule has 0 radical (unpaired) electrons. The van der Waals surface area contributed by atoms with Crippen LogP contribution in [0.2, 0.25) is 0 Å². The van der Waals surface area contributed by atoms with Crippen LogP contribution in [0.5, 0.6) is 0 Å². The maximum Gasteiger partial charge on any atom is 1.00 e. The minimum absolute atomic E-state index is 0. The minimum Gasteiger partial charge on any atom is -0.790 e. The molecule has 10 heteroatoms. The third-order valence-corrected chi connectivity index (χ3v) is 1.65. The number of carbonyl (C=O) groups excluding carboxylic acids is 1. The van der Waals surface area contributed by atoms with E-state index < -0.39 is 26.6 Å². The first-order valence-corrected chi connectivity index (χ1v) is 4.79. The van der Waals surface area contributed by atoms with Crippen molar-refractivity contribution in [2.45, 2.75) is 18.6 Å². The summed E-state index contributed by atoms with van der Waals surface area (Å²) in [6, 6.07) is 0. The van der Waals surface area contributed by atoms with E-state index >= 15 is 0 Å².